The number of rotatable bonds is 1. The van der Waals surface area contributed by atoms with Crippen LogP contribution in [-0.4, -0.2) is 17.3 Å². The predicted octanol–water partition coefficient (Wildman–Crippen LogP) is 2.60. The molecule has 1 fully saturated rings. The van der Waals surface area contributed by atoms with Crippen LogP contribution in [0.15, 0.2) is 24.3 Å². The Labute approximate surface area is 95.1 Å². The Morgan fingerprint density at radius 1 is 1.25 bits per heavy atom. The number of halogens is 1. The summed E-state index contributed by atoms with van der Waals surface area (Å²) in [6.45, 7) is 3.81. The molecule has 1 aromatic rings. The van der Waals surface area contributed by atoms with Crippen LogP contribution < -0.4 is 0 Å². The number of benzene rings is 1. The van der Waals surface area contributed by atoms with Crippen molar-refractivity contribution in [2.24, 2.45) is 0 Å². The predicted molar refractivity (Wildman–Crippen MR) is 59.5 cm³/mol. The molecule has 0 radical (unpaired) electrons. The highest BCUT2D eigenvalue weighted by molar-refractivity contribution is 5.25. The summed E-state index contributed by atoms with van der Waals surface area (Å²) in [5.41, 5.74) is -0.709. The lowest BCUT2D eigenvalue weighted by atomic mass is 9.81. The van der Waals surface area contributed by atoms with E-state index in [1.54, 1.807) is 18.2 Å². The van der Waals surface area contributed by atoms with Crippen molar-refractivity contribution in [2.75, 3.05) is 0 Å². The zero-order chi connectivity index (χ0) is 11.8. The van der Waals surface area contributed by atoms with E-state index in [1.165, 1.54) is 6.07 Å². The van der Waals surface area contributed by atoms with Crippen LogP contribution >= 0.6 is 0 Å². The van der Waals surface area contributed by atoms with Crippen molar-refractivity contribution < 1.29 is 14.2 Å². The molecule has 0 aliphatic carbocycles. The topological polar surface area (TPSA) is 29.5 Å². The highest BCUT2D eigenvalue weighted by Crippen LogP contribution is 2.38. The maximum Gasteiger partial charge on any atom is 0.129 e. The summed E-state index contributed by atoms with van der Waals surface area (Å²) in [7, 11) is 0. The summed E-state index contributed by atoms with van der Waals surface area (Å²) in [6, 6.07) is 6.42. The molecular formula is C13H17FO2. The fourth-order valence-corrected chi connectivity index (χ4v) is 2.59. The Bertz CT molecular complexity index is 368. The van der Waals surface area contributed by atoms with E-state index in [-0.39, 0.29) is 18.0 Å². The summed E-state index contributed by atoms with van der Waals surface area (Å²) in [6.07, 6.45) is 0.790. The maximum absolute atomic E-state index is 13.7. The second kappa shape index (κ2) is 4.15. The van der Waals surface area contributed by atoms with Crippen LogP contribution in [0.5, 0.6) is 0 Å². The van der Waals surface area contributed by atoms with Gasteiger partial charge in [0, 0.05) is 18.4 Å². The second-order valence-electron chi connectivity index (χ2n) is 4.68. The third-order valence-electron chi connectivity index (χ3n) is 3.09. The van der Waals surface area contributed by atoms with Gasteiger partial charge in [0.1, 0.15) is 5.82 Å². The second-order valence-corrected chi connectivity index (χ2v) is 4.68. The van der Waals surface area contributed by atoms with Gasteiger partial charge in [-0.05, 0) is 19.9 Å². The molecule has 1 saturated heterocycles. The first-order chi connectivity index (χ1) is 7.51. The molecule has 16 heavy (non-hydrogen) atoms. The van der Waals surface area contributed by atoms with E-state index in [4.69, 9.17) is 4.74 Å². The van der Waals surface area contributed by atoms with Gasteiger partial charge < -0.3 is 9.84 Å². The first-order valence-corrected chi connectivity index (χ1v) is 5.64. The number of hydrogen-bond acceptors (Lipinski definition) is 2. The van der Waals surface area contributed by atoms with Gasteiger partial charge in [-0.25, -0.2) is 4.39 Å². The fraction of sp³-hybridized carbons (Fsp3) is 0.538. The molecule has 0 amide bonds. The zero-order valence-corrected chi connectivity index (χ0v) is 9.61. The lowest BCUT2D eigenvalue weighted by molar-refractivity contribution is -0.137. The van der Waals surface area contributed by atoms with Crippen molar-refractivity contribution >= 4 is 0 Å². The monoisotopic (exact) mass is 224 g/mol. The molecule has 88 valence electrons. The van der Waals surface area contributed by atoms with E-state index in [2.05, 4.69) is 0 Å². The lowest BCUT2D eigenvalue weighted by Crippen LogP contribution is -2.41. The standard InChI is InChI=1S/C13H17FO2/c1-9-7-13(15,8-10(2)16-9)11-5-3-4-6-12(11)14/h3-6,9-10,15H,7-8H2,1-2H3. The Balaban J connectivity index is 2.34. The van der Waals surface area contributed by atoms with Gasteiger partial charge in [-0.2, -0.15) is 0 Å². The Hall–Kier alpha value is -0.930. The van der Waals surface area contributed by atoms with Gasteiger partial charge in [0.05, 0.1) is 17.8 Å². The van der Waals surface area contributed by atoms with E-state index >= 15 is 0 Å². The molecule has 2 rings (SSSR count). The summed E-state index contributed by atoms with van der Waals surface area (Å²) in [5.74, 6) is -0.341. The van der Waals surface area contributed by atoms with Crippen LogP contribution in [0.1, 0.15) is 32.3 Å². The molecule has 0 spiro atoms. The third-order valence-corrected chi connectivity index (χ3v) is 3.09. The summed E-state index contributed by atoms with van der Waals surface area (Å²) in [4.78, 5) is 0. The lowest BCUT2D eigenvalue weighted by Gasteiger charge is -2.39. The van der Waals surface area contributed by atoms with Crippen LogP contribution in [0, 0.1) is 5.82 Å². The van der Waals surface area contributed by atoms with E-state index in [0.29, 0.717) is 18.4 Å². The molecule has 2 atom stereocenters. The first-order valence-electron chi connectivity index (χ1n) is 5.64. The Morgan fingerprint density at radius 3 is 2.38 bits per heavy atom. The molecule has 2 unspecified atom stereocenters. The Morgan fingerprint density at radius 2 is 1.81 bits per heavy atom. The Kier molecular flexibility index (Phi) is 3.00. The first kappa shape index (κ1) is 11.6. The smallest absolute Gasteiger partial charge is 0.129 e. The molecule has 2 nitrogen and oxygen atoms in total. The minimum absolute atomic E-state index is 0.0478. The van der Waals surface area contributed by atoms with Crippen molar-refractivity contribution in [1.82, 2.24) is 0 Å². The number of hydrogen-bond donors (Lipinski definition) is 1. The molecule has 1 heterocycles. The molecular weight excluding hydrogens is 207 g/mol. The van der Waals surface area contributed by atoms with Crippen LogP contribution in [0.25, 0.3) is 0 Å². The highest BCUT2D eigenvalue weighted by atomic mass is 19.1. The van der Waals surface area contributed by atoms with Crippen LogP contribution in [0.4, 0.5) is 4.39 Å². The quantitative estimate of drug-likeness (QED) is 0.794. The minimum atomic E-state index is -1.09. The molecule has 1 aliphatic heterocycles. The normalized spacial score (nSPS) is 35.0. The molecule has 1 aliphatic rings. The molecule has 3 heteroatoms. The summed E-state index contributed by atoms with van der Waals surface area (Å²) in [5, 5.41) is 10.5. The number of ether oxygens (including phenoxy) is 1. The van der Waals surface area contributed by atoms with Crippen LogP contribution in [0.3, 0.4) is 0 Å². The SMILES string of the molecule is CC1CC(O)(c2ccccc2F)CC(C)O1. The van der Waals surface area contributed by atoms with Crippen molar-refractivity contribution in [2.45, 2.75) is 44.5 Å². The van der Waals surface area contributed by atoms with Gasteiger partial charge in [0.2, 0.25) is 0 Å². The average Bonchev–Trinajstić information content (AvgIpc) is 2.15. The maximum atomic E-state index is 13.7. The van der Waals surface area contributed by atoms with Crippen LogP contribution in [-0.2, 0) is 10.3 Å². The van der Waals surface area contributed by atoms with E-state index in [0.717, 1.165) is 0 Å². The van der Waals surface area contributed by atoms with Crippen molar-refractivity contribution in [3.63, 3.8) is 0 Å². The van der Waals surface area contributed by atoms with Gasteiger partial charge in [-0.3, -0.25) is 0 Å². The molecule has 0 bridgehead atoms. The molecule has 0 aromatic heterocycles. The fourth-order valence-electron chi connectivity index (χ4n) is 2.59. The summed E-state index contributed by atoms with van der Waals surface area (Å²) >= 11 is 0. The third kappa shape index (κ3) is 2.11. The van der Waals surface area contributed by atoms with Crippen molar-refractivity contribution in [3.8, 4) is 0 Å². The van der Waals surface area contributed by atoms with Crippen LogP contribution in [0.2, 0.25) is 0 Å². The zero-order valence-electron chi connectivity index (χ0n) is 9.61. The minimum Gasteiger partial charge on any atom is -0.385 e. The van der Waals surface area contributed by atoms with Gasteiger partial charge in [0.15, 0.2) is 0 Å². The van der Waals surface area contributed by atoms with Gasteiger partial charge in [0.25, 0.3) is 0 Å². The van der Waals surface area contributed by atoms with Crippen molar-refractivity contribution in [3.05, 3.63) is 35.6 Å². The number of aliphatic hydroxyl groups is 1. The highest BCUT2D eigenvalue weighted by Gasteiger charge is 2.39. The van der Waals surface area contributed by atoms with Crippen molar-refractivity contribution in [1.29, 1.82) is 0 Å². The summed E-state index contributed by atoms with van der Waals surface area (Å²) < 4.78 is 19.2. The molecule has 1 N–H and O–H groups in total. The van der Waals surface area contributed by atoms with Gasteiger partial charge in [-0.15, -0.1) is 0 Å². The largest absolute Gasteiger partial charge is 0.385 e. The van der Waals surface area contributed by atoms with E-state index in [9.17, 15) is 9.50 Å². The molecule has 1 aromatic carbocycles. The van der Waals surface area contributed by atoms with Gasteiger partial charge >= 0.3 is 0 Å². The van der Waals surface area contributed by atoms with E-state index < -0.39 is 5.60 Å². The van der Waals surface area contributed by atoms with Gasteiger partial charge in [-0.1, -0.05) is 18.2 Å². The average molecular weight is 224 g/mol. The molecule has 0 saturated carbocycles. The van der Waals surface area contributed by atoms with E-state index in [1.807, 2.05) is 13.8 Å².